The molecule has 1 rings (SSSR count). The number of ether oxygens (including phenoxy) is 1. The molecule has 0 saturated carbocycles. The summed E-state index contributed by atoms with van der Waals surface area (Å²) in [5, 5.41) is 1.93. The van der Waals surface area contributed by atoms with Gasteiger partial charge in [-0.05, 0) is 40.0 Å². The number of nitrogens with zero attached hydrogens (tertiary/aromatic N) is 1. The molecular weight excluding hydrogens is 230 g/mol. The number of esters is 1. The molecule has 1 saturated heterocycles. The van der Waals surface area contributed by atoms with Gasteiger partial charge in [-0.15, -0.1) is 0 Å². The minimum atomic E-state index is -0.380. The van der Waals surface area contributed by atoms with Gasteiger partial charge in [-0.25, -0.2) is 4.79 Å². The SMILES string of the molecule is C=CC(=O)OC1C(C)CC(C)(C)N(OC)C1(C)C. The van der Waals surface area contributed by atoms with Crippen molar-refractivity contribution >= 4 is 5.97 Å². The van der Waals surface area contributed by atoms with Gasteiger partial charge in [-0.1, -0.05) is 13.5 Å². The first-order valence-corrected chi connectivity index (χ1v) is 6.34. The molecule has 0 aromatic rings. The second-order valence-electron chi connectivity index (χ2n) is 6.19. The lowest BCUT2D eigenvalue weighted by Gasteiger charge is -2.56. The molecule has 0 N–H and O–H groups in total. The van der Waals surface area contributed by atoms with Crippen molar-refractivity contribution in [2.75, 3.05) is 7.11 Å². The quantitative estimate of drug-likeness (QED) is 0.574. The van der Waals surface area contributed by atoms with Gasteiger partial charge in [0.05, 0.1) is 12.6 Å². The molecule has 18 heavy (non-hydrogen) atoms. The highest BCUT2D eigenvalue weighted by Crippen LogP contribution is 2.42. The number of hydroxylamine groups is 2. The molecular formula is C14H25NO3. The minimum absolute atomic E-state index is 0.0885. The summed E-state index contributed by atoms with van der Waals surface area (Å²) in [4.78, 5) is 17.0. The molecule has 1 aliphatic rings. The van der Waals surface area contributed by atoms with Gasteiger partial charge in [0.15, 0.2) is 0 Å². The van der Waals surface area contributed by atoms with E-state index in [4.69, 9.17) is 9.57 Å². The number of rotatable bonds is 3. The zero-order valence-electron chi connectivity index (χ0n) is 12.3. The van der Waals surface area contributed by atoms with E-state index in [1.807, 2.05) is 18.9 Å². The Morgan fingerprint density at radius 2 is 1.94 bits per heavy atom. The molecule has 1 heterocycles. The fourth-order valence-electron chi connectivity index (χ4n) is 3.49. The Hall–Kier alpha value is -0.870. The molecule has 104 valence electrons. The molecule has 4 heteroatoms. The smallest absolute Gasteiger partial charge is 0.330 e. The standard InChI is InChI=1S/C14H25NO3/c1-8-11(16)18-12-10(2)9-13(3,4)15(17-7)14(12,5)6/h8,10,12H,1,9H2,2-7H3. The van der Waals surface area contributed by atoms with Crippen LogP contribution in [0.4, 0.5) is 0 Å². The van der Waals surface area contributed by atoms with Crippen molar-refractivity contribution in [3.8, 4) is 0 Å². The van der Waals surface area contributed by atoms with Gasteiger partial charge in [0.1, 0.15) is 6.10 Å². The Bertz CT molecular complexity index is 336. The average Bonchev–Trinajstić information content (AvgIpc) is 2.22. The second kappa shape index (κ2) is 5.02. The Morgan fingerprint density at radius 3 is 2.39 bits per heavy atom. The molecule has 1 aliphatic heterocycles. The molecule has 0 aromatic heterocycles. The van der Waals surface area contributed by atoms with Gasteiger partial charge in [-0.3, -0.25) is 0 Å². The van der Waals surface area contributed by atoms with Gasteiger partial charge in [-0.2, -0.15) is 5.06 Å². The van der Waals surface area contributed by atoms with Crippen LogP contribution in [0.5, 0.6) is 0 Å². The maximum atomic E-state index is 11.5. The summed E-state index contributed by atoms with van der Waals surface area (Å²) < 4.78 is 5.51. The highest BCUT2D eigenvalue weighted by atomic mass is 16.7. The molecule has 2 unspecified atom stereocenters. The molecule has 1 fully saturated rings. The summed E-state index contributed by atoms with van der Waals surface area (Å²) in [6.07, 6.45) is 1.90. The van der Waals surface area contributed by atoms with Gasteiger partial charge in [0, 0.05) is 11.6 Å². The van der Waals surface area contributed by atoms with E-state index in [-0.39, 0.29) is 29.1 Å². The fourth-order valence-corrected chi connectivity index (χ4v) is 3.49. The summed E-state index contributed by atoms with van der Waals surface area (Å²) in [6, 6.07) is 0. The predicted molar refractivity (Wildman–Crippen MR) is 70.9 cm³/mol. The first-order chi connectivity index (χ1) is 8.16. The maximum absolute atomic E-state index is 11.5. The Morgan fingerprint density at radius 1 is 1.39 bits per heavy atom. The molecule has 2 atom stereocenters. The highest BCUT2D eigenvalue weighted by Gasteiger charge is 2.52. The fraction of sp³-hybridized carbons (Fsp3) is 0.786. The van der Waals surface area contributed by atoms with Crippen molar-refractivity contribution in [2.45, 2.75) is 58.2 Å². The number of carbonyl (C=O) groups excluding carboxylic acids is 1. The molecule has 0 bridgehead atoms. The maximum Gasteiger partial charge on any atom is 0.330 e. The number of hydrogen-bond acceptors (Lipinski definition) is 4. The van der Waals surface area contributed by atoms with Gasteiger partial charge >= 0.3 is 5.97 Å². The van der Waals surface area contributed by atoms with Crippen molar-refractivity contribution in [1.29, 1.82) is 0 Å². The van der Waals surface area contributed by atoms with Crippen molar-refractivity contribution in [2.24, 2.45) is 5.92 Å². The molecule has 0 amide bonds. The van der Waals surface area contributed by atoms with Crippen molar-refractivity contribution < 1.29 is 14.4 Å². The largest absolute Gasteiger partial charge is 0.457 e. The zero-order chi connectivity index (χ0) is 14.1. The predicted octanol–water partition coefficient (Wildman–Crippen LogP) is 2.54. The Kier molecular flexibility index (Phi) is 4.23. The van der Waals surface area contributed by atoms with Crippen LogP contribution in [0.3, 0.4) is 0 Å². The number of hydrogen-bond donors (Lipinski definition) is 0. The van der Waals surface area contributed by atoms with E-state index in [1.54, 1.807) is 7.11 Å². The highest BCUT2D eigenvalue weighted by molar-refractivity contribution is 5.81. The Balaban J connectivity index is 3.04. The molecule has 0 aliphatic carbocycles. The van der Waals surface area contributed by atoms with Crippen LogP contribution in [0.2, 0.25) is 0 Å². The van der Waals surface area contributed by atoms with Crippen LogP contribution in [0.25, 0.3) is 0 Å². The van der Waals surface area contributed by atoms with Crippen LogP contribution in [0.1, 0.15) is 41.0 Å². The molecule has 0 aromatic carbocycles. The monoisotopic (exact) mass is 255 g/mol. The van der Waals surface area contributed by atoms with E-state index >= 15 is 0 Å². The van der Waals surface area contributed by atoms with Crippen molar-refractivity contribution in [3.63, 3.8) is 0 Å². The molecule has 0 radical (unpaired) electrons. The van der Waals surface area contributed by atoms with Crippen LogP contribution >= 0.6 is 0 Å². The third-order valence-corrected chi connectivity index (χ3v) is 3.70. The van der Waals surface area contributed by atoms with Crippen LogP contribution in [-0.4, -0.2) is 35.3 Å². The van der Waals surface area contributed by atoms with Gasteiger partial charge in [0.25, 0.3) is 0 Å². The summed E-state index contributed by atoms with van der Waals surface area (Å²) in [7, 11) is 1.66. The number of piperidine rings is 1. The average molecular weight is 255 g/mol. The van der Waals surface area contributed by atoms with Crippen LogP contribution in [0, 0.1) is 5.92 Å². The lowest BCUT2D eigenvalue weighted by Crippen LogP contribution is -2.67. The van der Waals surface area contributed by atoms with E-state index in [0.717, 1.165) is 6.42 Å². The summed E-state index contributed by atoms with van der Waals surface area (Å²) in [6.45, 7) is 13.9. The first-order valence-electron chi connectivity index (χ1n) is 6.34. The van der Waals surface area contributed by atoms with Crippen LogP contribution < -0.4 is 0 Å². The van der Waals surface area contributed by atoms with E-state index < -0.39 is 0 Å². The van der Waals surface area contributed by atoms with Crippen molar-refractivity contribution in [1.82, 2.24) is 5.06 Å². The molecule has 0 spiro atoms. The summed E-state index contributed by atoms with van der Waals surface area (Å²) in [5.74, 6) is -0.110. The topological polar surface area (TPSA) is 38.8 Å². The molecule has 4 nitrogen and oxygen atoms in total. The van der Waals surface area contributed by atoms with E-state index in [1.165, 1.54) is 6.08 Å². The Labute approximate surface area is 110 Å². The van der Waals surface area contributed by atoms with E-state index in [0.29, 0.717) is 0 Å². The van der Waals surface area contributed by atoms with Crippen LogP contribution in [-0.2, 0) is 14.4 Å². The third-order valence-electron chi connectivity index (χ3n) is 3.70. The van der Waals surface area contributed by atoms with Gasteiger partial charge in [0.2, 0.25) is 0 Å². The minimum Gasteiger partial charge on any atom is -0.457 e. The lowest BCUT2D eigenvalue weighted by molar-refractivity contribution is -0.299. The van der Waals surface area contributed by atoms with E-state index in [9.17, 15) is 4.79 Å². The zero-order valence-corrected chi connectivity index (χ0v) is 12.3. The van der Waals surface area contributed by atoms with E-state index in [2.05, 4.69) is 27.4 Å². The third kappa shape index (κ3) is 2.59. The van der Waals surface area contributed by atoms with Gasteiger partial charge < -0.3 is 9.57 Å². The van der Waals surface area contributed by atoms with Crippen LogP contribution in [0.15, 0.2) is 12.7 Å². The normalized spacial score (nSPS) is 30.8. The lowest BCUT2D eigenvalue weighted by atomic mass is 9.74. The first kappa shape index (κ1) is 15.2. The van der Waals surface area contributed by atoms with Crippen molar-refractivity contribution in [3.05, 3.63) is 12.7 Å². The summed E-state index contributed by atoms with van der Waals surface area (Å²) >= 11 is 0. The number of carbonyl (C=O) groups is 1. The summed E-state index contributed by atoms with van der Waals surface area (Å²) in [5.41, 5.74) is -0.469. The second-order valence-corrected chi connectivity index (χ2v) is 6.19.